The van der Waals surface area contributed by atoms with Crippen molar-refractivity contribution in [3.63, 3.8) is 0 Å². The zero-order chi connectivity index (χ0) is 10.3. The van der Waals surface area contributed by atoms with E-state index in [1.807, 2.05) is 6.92 Å². The molecule has 78 valence electrons. The molecule has 0 aliphatic heterocycles. The molecule has 0 aliphatic rings. The molecule has 0 aromatic heterocycles. The van der Waals surface area contributed by atoms with Gasteiger partial charge in [-0.05, 0) is 19.8 Å². The molecule has 1 N–H and O–H groups in total. The van der Waals surface area contributed by atoms with Crippen molar-refractivity contribution in [2.75, 3.05) is 0 Å². The Morgan fingerprint density at radius 1 is 1.31 bits per heavy atom. The topological polar surface area (TPSA) is 37.3 Å². The second-order valence-corrected chi connectivity index (χ2v) is 3.69. The normalized spacial score (nSPS) is 15.4. The van der Waals surface area contributed by atoms with E-state index >= 15 is 0 Å². The highest BCUT2D eigenvalue weighted by Crippen LogP contribution is 2.17. The van der Waals surface area contributed by atoms with Gasteiger partial charge in [-0.15, -0.1) is 0 Å². The molecule has 0 bridgehead atoms. The molecule has 0 fully saturated rings. The lowest BCUT2D eigenvalue weighted by atomic mass is 9.91. The number of ketones is 1. The minimum absolute atomic E-state index is 0.128. The highest BCUT2D eigenvalue weighted by molar-refractivity contribution is 5.78. The van der Waals surface area contributed by atoms with Crippen molar-refractivity contribution >= 4 is 5.78 Å². The molecule has 2 unspecified atom stereocenters. The maximum absolute atomic E-state index is 11.2. The van der Waals surface area contributed by atoms with E-state index in [9.17, 15) is 9.90 Å². The van der Waals surface area contributed by atoms with Crippen LogP contribution in [0.3, 0.4) is 0 Å². The third kappa shape index (κ3) is 5.04. The zero-order valence-corrected chi connectivity index (χ0v) is 9.05. The second-order valence-electron chi connectivity index (χ2n) is 3.69. The van der Waals surface area contributed by atoms with Gasteiger partial charge in [0.2, 0.25) is 0 Å². The first-order valence-corrected chi connectivity index (χ1v) is 5.32. The highest BCUT2D eigenvalue weighted by atomic mass is 16.3. The number of aliphatic hydroxyl groups is 1. The van der Waals surface area contributed by atoms with E-state index in [4.69, 9.17) is 0 Å². The SMILES string of the molecule is CCCCCC(C(C)=O)C(O)CC. The molecule has 0 rings (SSSR count). The number of hydrogen-bond acceptors (Lipinski definition) is 2. The van der Waals surface area contributed by atoms with Gasteiger partial charge in [0, 0.05) is 5.92 Å². The van der Waals surface area contributed by atoms with Crippen molar-refractivity contribution in [1.82, 2.24) is 0 Å². The maximum atomic E-state index is 11.2. The summed E-state index contributed by atoms with van der Waals surface area (Å²) in [7, 11) is 0. The molecule has 2 heteroatoms. The van der Waals surface area contributed by atoms with Gasteiger partial charge in [0.1, 0.15) is 5.78 Å². The van der Waals surface area contributed by atoms with Crippen LogP contribution in [0.2, 0.25) is 0 Å². The predicted octanol–water partition coefficient (Wildman–Crippen LogP) is 2.54. The molecule has 2 nitrogen and oxygen atoms in total. The van der Waals surface area contributed by atoms with Gasteiger partial charge in [0.05, 0.1) is 6.10 Å². The van der Waals surface area contributed by atoms with Crippen LogP contribution in [-0.2, 0) is 4.79 Å². The number of Topliss-reactive ketones (excluding diaryl/α,β-unsaturated/α-hetero) is 1. The quantitative estimate of drug-likeness (QED) is 0.620. The van der Waals surface area contributed by atoms with Gasteiger partial charge >= 0.3 is 0 Å². The van der Waals surface area contributed by atoms with Crippen LogP contribution in [0.15, 0.2) is 0 Å². The number of unbranched alkanes of at least 4 members (excludes halogenated alkanes) is 2. The lowest BCUT2D eigenvalue weighted by Gasteiger charge is -2.18. The van der Waals surface area contributed by atoms with Gasteiger partial charge in [-0.3, -0.25) is 4.79 Å². The Morgan fingerprint density at radius 3 is 2.31 bits per heavy atom. The number of hydrogen-bond donors (Lipinski definition) is 1. The van der Waals surface area contributed by atoms with Crippen LogP contribution in [0.1, 0.15) is 52.9 Å². The van der Waals surface area contributed by atoms with E-state index < -0.39 is 6.10 Å². The summed E-state index contributed by atoms with van der Waals surface area (Å²) >= 11 is 0. The Hall–Kier alpha value is -0.370. The van der Waals surface area contributed by atoms with Crippen LogP contribution < -0.4 is 0 Å². The minimum Gasteiger partial charge on any atom is -0.392 e. The van der Waals surface area contributed by atoms with Gasteiger partial charge in [0.15, 0.2) is 0 Å². The van der Waals surface area contributed by atoms with Crippen LogP contribution in [0.25, 0.3) is 0 Å². The van der Waals surface area contributed by atoms with Crippen molar-refractivity contribution in [2.24, 2.45) is 5.92 Å². The summed E-state index contributed by atoms with van der Waals surface area (Å²) in [6, 6.07) is 0. The second kappa shape index (κ2) is 7.07. The standard InChI is InChI=1S/C11H22O2/c1-4-6-7-8-10(9(3)12)11(13)5-2/h10-11,13H,4-8H2,1-3H3. The van der Waals surface area contributed by atoms with Gasteiger partial charge in [-0.2, -0.15) is 0 Å². The molecule has 0 aromatic rings. The summed E-state index contributed by atoms with van der Waals surface area (Å²) in [6.45, 7) is 5.63. The smallest absolute Gasteiger partial charge is 0.135 e. The first-order valence-electron chi connectivity index (χ1n) is 5.32. The summed E-state index contributed by atoms with van der Waals surface area (Å²) in [5.74, 6) is 0.00185. The zero-order valence-electron chi connectivity index (χ0n) is 9.05. The summed E-state index contributed by atoms with van der Waals surface area (Å²) in [4.78, 5) is 11.2. The minimum atomic E-state index is -0.436. The molecule has 0 aliphatic carbocycles. The number of aliphatic hydroxyl groups excluding tert-OH is 1. The summed E-state index contributed by atoms with van der Waals surface area (Å²) < 4.78 is 0. The first kappa shape index (κ1) is 12.6. The van der Waals surface area contributed by atoms with Crippen molar-refractivity contribution in [1.29, 1.82) is 0 Å². The third-order valence-corrected chi connectivity index (χ3v) is 2.52. The molecule has 0 aromatic carbocycles. The van der Waals surface area contributed by atoms with Crippen LogP contribution in [-0.4, -0.2) is 17.0 Å². The maximum Gasteiger partial charge on any atom is 0.135 e. The van der Waals surface area contributed by atoms with E-state index in [1.165, 1.54) is 0 Å². The highest BCUT2D eigenvalue weighted by Gasteiger charge is 2.21. The lowest BCUT2D eigenvalue weighted by molar-refractivity contribution is -0.124. The molecule has 0 saturated carbocycles. The average Bonchev–Trinajstić information content (AvgIpc) is 2.11. The van der Waals surface area contributed by atoms with Crippen LogP contribution in [0.5, 0.6) is 0 Å². The van der Waals surface area contributed by atoms with E-state index in [0.717, 1.165) is 25.7 Å². The van der Waals surface area contributed by atoms with Crippen LogP contribution in [0.4, 0.5) is 0 Å². The molecule has 13 heavy (non-hydrogen) atoms. The lowest BCUT2D eigenvalue weighted by Crippen LogP contribution is -2.25. The van der Waals surface area contributed by atoms with Crippen LogP contribution >= 0.6 is 0 Å². The van der Waals surface area contributed by atoms with E-state index in [0.29, 0.717) is 6.42 Å². The molecule has 0 amide bonds. The number of rotatable bonds is 7. The molecule has 2 atom stereocenters. The molecule has 0 radical (unpaired) electrons. The fraction of sp³-hybridized carbons (Fsp3) is 0.909. The Balaban J connectivity index is 3.88. The predicted molar refractivity (Wildman–Crippen MR) is 54.6 cm³/mol. The van der Waals surface area contributed by atoms with Crippen molar-refractivity contribution < 1.29 is 9.90 Å². The first-order chi connectivity index (χ1) is 6.13. The van der Waals surface area contributed by atoms with Crippen molar-refractivity contribution in [3.05, 3.63) is 0 Å². The van der Waals surface area contributed by atoms with Crippen molar-refractivity contribution in [2.45, 2.75) is 59.0 Å². The largest absolute Gasteiger partial charge is 0.392 e. The molecular weight excluding hydrogens is 164 g/mol. The van der Waals surface area contributed by atoms with Gasteiger partial charge in [-0.25, -0.2) is 0 Å². The monoisotopic (exact) mass is 186 g/mol. The molecule has 0 saturated heterocycles. The fourth-order valence-electron chi connectivity index (χ4n) is 1.57. The van der Waals surface area contributed by atoms with Gasteiger partial charge in [0.25, 0.3) is 0 Å². The Labute approximate surface area is 81.3 Å². The Bertz CT molecular complexity index is 143. The molecule has 0 heterocycles. The number of carbonyl (C=O) groups is 1. The molecular formula is C11H22O2. The number of carbonyl (C=O) groups excluding carboxylic acids is 1. The molecule has 0 spiro atoms. The Kier molecular flexibility index (Phi) is 6.87. The van der Waals surface area contributed by atoms with E-state index in [2.05, 4.69) is 6.92 Å². The van der Waals surface area contributed by atoms with E-state index in [1.54, 1.807) is 6.92 Å². The summed E-state index contributed by atoms with van der Waals surface area (Å²) in [5.41, 5.74) is 0. The van der Waals surface area contributed by atoms with Gasteiger partial charge in [-0.1, -0.05) is 33.1 Å². The van der Waals surface area contributed by atoms with Crippen molar-refractivity contribution in [3.8, 4) is 0 Å². The fourth-order valence-corrected chi connectivity index (χ4v) is 1.57. The van der Waals surface area contributed by atoms with Crippen LogP contribution in [0, 0.1) is 5.92 Å². The summed E-state index contributed by atoms with van der Waals surface area (Å²) in [6.07, 6.45) is 4.45. The average molecular weight is 186 g/mol. The summed E-state index contributed by atoms with van der Waals surface area (Å²) in [5, 5.41) is 9.57. The third-order valence-electron chi connectivity index (χ3n) is 2.52. The Morgan fingerprint density at radius 2 is 1.92 bits per heavy atom. The van der Waals surface area contributed by atoms with E-state index in [-0.39, 0.29) is 11.7 Å². The van der Waals surface area contributed by atoms with Gasteiger partial charge < -0.3 is 5.11 Å².